The Morgan fingerprint density at radius 2 is 1.94 bits per heavy atom. The lowest BCUT2D eigenvalue weighted by Gasteiger charge is -2.22. The zero-order valence-corrected chi connectivity index (χ0v) is 11.8. The molecular weight excluding hydrogens is 256 g/mol. The molecule has 1 fully saturated rings. The molecule has 0 spiro atoms. The predicted octanol–water partition coefficient (Wildman–Crippen LogP) is -0.289. The summed E-state index contributed by atoms with van der Waals surface area (Å²) in [7, 11) is -1.53. The van der Waals surface area contributed by atoms with Crippen molar-refractivity contribution in [2.24, 2.45) is 0 Å². The zero-order chi connectivity index (χ0) is 13.3. The fourth-order valence-electron chi connectivity index (χ4n) is 1.86. The van der Waals surface area contributed by atoms with Gasteiger partial charge in [-0.05, 0) is 32.4 Å². The van der Waals surface area contributed by atoms with Crippen molar-refractivity contribution in [1.29, 1.82) is 0 Å². The fourth-order valence-corrected chi connectivity index (χ4v) is 3.38. The van der Waals surface area contributed by atoms with Crippen LogP contribution in [-0.2, 0) is 19.5 Å². The summed E-state index contributed by atoms with van der Waals surface area (Å²) < 4.78 is 36.6. The SMILES string of the molecule is COCCOCCCNS(=O)(=O)C1CCNCC1. The molecule has 0 unspecified atom stereocenters. The lowest BCUT2D eigenvalue weighted by atomic mass is 10.2. The van der Waals surface area contributed by atoms with Crippen molar-refractivity contribution in [3.63, 3.8) is 0 Å². The van der Waals surface area contributed by atoms with Gasteiger partial charge in [0.2, 0.25) is 10.0 Å². The second-order valence-electron chi connectivity index (χ2n) is 4.35. The zero-order valence-electron chi connectivity index (χ0n) is 11.0. The Morgan fingerprint density at radius 3 is 2.61 bits per heavy atom. The van der Waals surface area contributed by atoms with Crippen LogP contribution >= 0.6 is 0 Å². The molecule has 0 aromatic carbocycles. The fraction of sp³-hybridized carbons (Fsp3) is 1.00. The Kier molecular flexibility index (Phi) is 7.76. The molecule has 0 atom stereocenters. The predicted molar refractivity (Wildman–Crippen MR) is 70.1 cm³/mol. The molecule has 0 amide bonds. The summed E-state index contributed by atoms with van der Waals surface area (Å²) in [5.74, 6) is 0. The van der Waals surface area contributed by atoms with E-state index in [1.54, 1.807) is 7.11 Å². The second kappa shape index (κ2) is 8.82. The summed E-state index contributed by atoms with van der Waals surface area (Å²) in [6.07, 6.45) is 2.08. The topological polar surface area (TPSA) is 76.7 Å². The van der Waals surface area contributed by atoms with Crippen LogP contribution in [0.5, 0.6) is 0 Å². The summed E-state index contributed by atoms with van der Waals surface area (Å²) in [6.45, 7) is 3.69. The summed E-state index contributed by atoms with van der Waals surface area (Å²) >= 11 is 0. The van der Waals surface area contributed by atoms with Crippen LogP contribution in [-0.4, -0.2) is 60.2 Å². The lowest BCUT2D eigenvalue weighted by Crippen LogP contribution is -2.42. The standard InChI is InChI=1S/C11H24N2O4S/c1-16-9-10-17-8-2-5-13-18(14,15)11-3-6-12-7-4-11/h11-13H,2-10H2,1H3. The molecule has 1 aliphatic heterocycles. The van der Waals surface area contributed by atoms with Gasteiger partial charge in [0.1, 0.15) is 0 Å². The molecule has 1 saturated heterocycles. The number of nitrogens with one attached hydrogen (secondary N) is 2. The molecule has 108 valence electrons. The van der Waals surface area contributed by atoms with E-state index < -0.39 is 10.0 Å². The van der Waals surface area contributed by atoms with Gasteiger partial charge in [-0.15, -0.1) is 0 Å². The summed E-state index contributed by atoms with van der Waals surface area (Å²) in [5, 5.41) is 2.92. The van der Waals surface area contributed by atoms with Crippen LogP contribution in [0.3, 0.4) is 0 Å². The Balaban J connectivity index is 2.09. The maximum Gasteiger partial charge on any atom is 0.214 e. The molecule has 1 heterocycles. The van der Waals surface area contributed by atoms with E-state index >= 15 is 0 Å². The number of rotatable bonds is 9. The normalized spacial score (nSPS) is 18.1. The maximum atomic E-state index is 11.9. The Bertz CT molecular complexity index is 302. The highest BCUT2D eigenvalue weighted by Crippen LogP contribution is 2.11. The minimum atomic E-state index is -3.15. The van der Waals surface area contributed by atoms with E-state index in [1.807, 2.05) is 0 Å². The number of ether oxygens (including phenoxy) is 2. The van der Waals surface area contributed by atoms with Crippen LogP contribution in [0.4, 0.5) is 0 Å². The first-order valence-electron chi connectivity index (χ1n) is 6.42. The van der Waals surface area contributed by atoms with Crippen molar-refractivity contribution in [2.45, 2.75) is 24.5 Å². The molecule has 0 aliphatic carbocycles. The van der Waals surface area contributed by atoms with Gasteiger partial charge >= 0.3 is 0 Å². The first kappa shape index (κ1) is 15.8. The number of hydrogen-bond donors (Lipinski definition) is 2. The summed E-state index contributed by atoms with van der Waals surface area (Å²) in [6, 6.07) is 0. The van der Waals surface area contributed by atoms with E-state index in [0.29, 0.717) is 45.6 Å². The number of hydrogen-bond acceptors (Lipinski definition) is 5. The van der Waals surface area contributed by atoms with Gasteiger partial charge in [0.25, 0.3) is 0 Å². The average Bonchev–Trinajstić information content (AvgIpc) is 2.39. The molecule has 6 nitrogen and oxygen atoms in total. The van der Waals surface area contributed by atoms with Gasteiger partial charge in [-0.3, -0.25) is 0 Å². The van der Waals surface area contributed by atoms with Crippen LogP contribution in [0.25, 0.3) is 0 Å². The molecule has 0 saturated carbocycles. The summed E-state index contributed by atoms with van der Waals surface area (Å²) in [4.78, 5) is 0. The van der Waals surface area contributed by atoms with Crippen molar-refractivity contribution in [3.05, 3.63) is 0 Å². The van der Waals surface area contributed by atoms with Crippen molar-refractivity contribution >= 4 is 10.0 Å². The largest absolute Gasteiger partial charge is 0.382 e. The van der Waals surface area contributed by atoms with E-state index in [2.05, 4.69) is 10.0 Å². The van der Waals surface area contributed by atoms with Crippen LogP contribution in [0.1, 0.15) is 19.3 Å². The van der Waals surface area contributed by atoms with Gasteiger partial charge in [-0.25, -0.2) is 13.1 Å². The minimum absolute atomic E-state index is 0.242. The highest BCUT2D eigenvalue weighted by Gasteiger charge is 2.26. The van der Waals surface area contributed by atoms with Crippen molar-refractivity contribution in [1.82, 2.24) is 10.0 Å². The third-order valence-electron chi connectivity index (χ3n) is 2.93. The van der Waals surface area contributed by atoms with Crippen molar-refractivity contribution < 1.29 is 17.9 Å². The van der Waals surface area contributed by atoms with Gasteiger partial charge < -0.3 is 14.8 Å². The quantitative estimate of drug-likeness (QED) is 0.568. The third-order valence-corrected chi connectivity index (χ3v) is 4.88. The smallest absolute Gasteiger partial charge is 0.214 e. The lowest BCUT2D eigenvalue weighted by molar-refractivity contribution is 0.0699. The second-order valence-corrected chi connectivity index (χ2v) is 6.39. The Labute approximate surface area is 109 Å². The Hall–Kier alpha value is -0.210. The van der Waals surface area contributed by atoms with E-state index in [4.69, 9.17) is 9.47 Å². The molecule has 7 heteroatoms. The average molecular weight is 280 g/mol. The van der Waals surface area contributed by atoms with Crippen molar-refractivity contribution in [3.8, 4) is 0 Å². The van der Waals surface area contributed by atoms with Crippen LogP contribution in [0, 0.1) is 0 Å². The van der Waals surface area contributed by atoms with Gasteiger partial charge in [0.05, 0.1) is 18.5 Å². The molecule has 1 aliphatic rings. The monoisotopic (exact) mass is 280 g/mol. The van der Waals surface area contributed by atoms with Crippen LogP contribution < -0.4 is 10.0 Å². The van der Waals surface area contributed by atoms with Crippen LogP contribution in [0.2, 0.25) is 0 Å². The Morgan fingerprint density at radius 1 is 1.22 bits per heavy atom. The molecule has 18 heavy (non-hydrogen) atoms. The van der Waals surface area contributed by atoms with E-state index in [1.165, 1.54) is 0 Å². The maximum absolute atomic E-state index is 11.9. The van der Waals surface area contributed by atoms with Gasteiger partial charge in [0.15, 0.2) is 0 Å². The minimum Gasteiger partial charge on any atom is -0.382 e. The molecule has 2 N–H and O–H groups in total. The van der Waals surface area contributed by atoms with E-state index in [0.717, 1.165) is 13.1 Å². The highest BCUT2D eigenvalue weighted by atomic mass is 32.2. The van der Waals surface area contributed by atoms with Gasteiger partial charge in [-0.2, -0.15) is 0 Å². The molecule has 0 bridgehead atoms. The third kappa shape index (κ3) is 6.10. The molecule has 0 aromatic heterocycles. The summed E-state index contributed by atoms with van der Waals surface area (Å²) in [5.41, 5.74) is 0. The first-order valence-corrected chi connectivity index (χ1v) is 7.97. The number of sulfonamides is 1. The van der Waals surface area contributed by atoms with Crippen LogP contribution in [0.15, 0.2) is 0 Å². The highest BCUT2D eigenvalue weighted by molar-refractivity contribution is 7.90. The molecule has 0 radical (unpaired) electrons. The molecule has 0 aromatic rings. The molecular formula is C11H24N2O4S. The molecule has 1 rings (SSSR count). The number of methoxy groups -OCH3 is 1. The van der Waals surface area contributed by atoms with E-state index in [9.17, 15) is 8.42 Å². The van der Waals surface area contributed by atoms with Crippen molar-refractivity contribution in [2.75, 3.05) is 46.6 Å². The van der Waals surface area contributed by atoms with Gasteiger partial charge in [-0.1, -0.05) is 0 Å². The first-order chi connectivity index (χ1) is 8.67. The number of piperidine rings is 1. The van der Waals surface area contributed by atoms with E-state index in [-0.39, 0.29) is 5.25 Å². The van der Waals surface area contributed by atoms with Gasteiger partial charge in [0, 0.05) is 20.3 Å².